The number of hydrogen-bond donors (Lipinski definition) is 0. The molecule has 0 fully saturated rings. The second kappa shape index (κ2) is 2.81. The lowest BCUT2D eigenvalue weighted by Gasteiger charge is -2.14. The molecule has 0 radical (unpaired) electrons. The van der Waals surface area contributed by atoms with Crippen molar-refractivity contribution in [1.29, 1.82) is 0 Å². The van der Waals surface area contributed by atoms with Gasteiger partial charge in [-0.1, -0.05) is 12.2 Å². The molecule has 52 valence electrons. The van der Waals surface area contributed by atoms with Crippen LogP contribution in [0.3, 0.4) is 0 Å². The van der Waals surface area contributed by atoms with Crippen molar-refractivity contribution in [3.05, 3.63) is 12.2 Å². The minimum atomic E-state index is -0.269. The van der Waals surface area contributed by atoms with E-state index in [4.69, 9.17) is 0 Å². The Balaban J connectivity index is 4.19. The summed E-state index contributed by atoms with van der Waals surface area (Å²) in [7, 11) is 0. The van der Waals surface area contributed by atoms with Crippen LogP contribution < -0.4 is 0 Å². The Morgan fingerprint density at radius 1 is 1.44 bits per heavy atom. The molecule has 0 aliphatic rings. The van der Waals surface area contributed by atoms with Crippen LogP contribution in [0.1, 0.15) is 27.7 Å². The summed E-state index contributed by atoms with van der Waals surface area (Å²) in [5.41, 5.74) is -0.269. The fraction of sp³-hybridized carbons (Fsp3) is 0.625. The van der Waals surface area contributed by atoms with Crippen molar-refractivity contribution >= 4 is 5.78 Å². The van der Waals surface area contributed by atoms with Crippen molar-refractivity contribution in [2.75, 3.05) is 0 Å². The Labute approximate surface area is 56.8 Å². The maximum Gasteiger partial charge on any atom is 0.139 e. The highest BCUT2D eigenvalue weighted by atomic mass is 16.1. The van der Waals surface area contributed by atoms with Gasteiger partial charge in [-0.3, -0.25) is 4.79 Å². The smallest absolute Gasteiger partial charge is 0.139 e. The first kappa shape index (κ1) is 8.41. The molecule has 0 unspecified atom stereocenters. The molecule has 0 aromatic heterocycles. The number of rotatable bonds is 2. The summed E-state index contributed by atoms with van der Waals surface area (Å²) >= 11 is 0. The summed E-state index contributed by atoms with van der Waals surface area (Å²) in [5.74, 6) is 0.209. The van der Waals surface area contributed by atoms with Gasteiger partial charge in [0.15, 0.2) is 0 Å². The Bertz CT molecular complexity index is 132. The number of carbonyl (C=O) groups is 1. The van der Waals surface area contributed by atoms with E-state index in [0.717, 1.165) is 0 Å². The van der Waals surface area contributed by atoms with Crippen molar-refractivity contribution in [1.82, 2.24) is 0 Å². The minimum Gasteiger partial charge on any atom is -0.299 e. The van der Waals surface area contributed by atoms with E-state index < -0.39 is 0 Å². The fourth-order valence-corrected chi connectivity index (χ4v) is 0.534. The monoisotopic (exact) mass is 126 g/mol. The fourth-order valence-electron chi connectivity index (χ4n) is 0.534. The van der Waals surface area contributed by atoms with Gasteiger partial charge < -0.3 is 0 Å². The van der Waals surface area contributed by atoms with Crippen molar-refractivity contribution in [2.45, 2.75) is 27.7 Å². The van der Waals surface area contributed by atoms with Gasteiger partial charge in [0.1, 0.15) is 5.78 Å². The van der Waals surface area contributed by atoms with Crippen LogP contribution in [0.2, 0.25) is 0 Å². The summed E-state index contributed by atoms with van der Waals surface area (Å²) < 4.78 is 0. The molecule has 1 heteroatoms. The largest absolute Gasteiger partial charge is 0.299 e. The number of Topliss-reactive ketones (excluding diaryl/α,β-unsaturated/α-hetero) is 1. The van der Waals surface area contributed by atoms with Crippen LogP contribution in [0.15, 0.2) is 12.2 Å². The first-order valence-electron chi connectivity index (χ1n) is 3.15. The summed E-state index contributed by atoms with van der Waals surface area (Å²) in [6, 6.07) is 0. The third kappa shape index (κ3) is 2.45. The lowest BCUT2D eigenvalue weighted by Crippen LogP contribution is -2.17. The predicted molar refractivity (Wildman–Crippen MR) is 39.3 cm³/mol. The van der Waals surface area contributed by atoms with Crippen LogP contribution >= 0.6 is 0 Å². The summed E-state index contributed by atoms with van der Waals surface area (Å²) in [4.78, 5) is 10.8. The standard InChI is InChI=1S/C8H14O/c1-5-6-8(3,4)7(2)9/h5-6H,1-4H3/b6-5+. The van der Waals surface area contributed by atoms with Crippen LogP contribution in [0, 0.1) is 5.41 Å². The average Bonchev–Trinajstić information content (AvgIpc) is 1.65. The maximum absolute atomic E-state index is 10.8. The van der Waals surface area contributed by atoms with Crippen molar-refractivity contribution in [2.24, 2.45) is 5.41 Å². The van der Waals surface area contributed by atoms with E-state index >= 15 is 0 Å². The molecule has 0 saturated heterocycles. The highest BCUT2D eigenvalue weighted by Gasteiger charge is 2.18. The third-order valence-corrected chi connectivity index (χ3v) is 1.49. The first-order chi connectivity index (χ1) is 4.00. The van der Waals surface area contributed by atoms with Gasteiger partial charge in [-0.25, -0.2) is 0 Å². The zero-order valence-electron chi connectivity index (χ0n) is 6.56. The van der Waals surface area contributed by atoms with Gasteiger partial charge in [0.05, 0.1) is 0 Å². The van der Waals surface area contributed by atoms with Crippen LogP contribution in [-0.2, 0) is 4.79 Å². The second-order valence-corrected chi connectivity index (χ2v) is 2.78. The Morgan fingerprint density at radius 3 is 2.00 bits per heavy atom. The van der Waals surface area contributed by atoms with Gasteiger partial charge in [0, 0.05) is 5.41 Å². The van der Waals surface area contributed by atoms with Crippen molar-refractivity contribution in [3.8, 4) is 0 Å². The zero-order valence-corrected chi connectivity index (χ0v) is 6.56. The third-order valence-electron chi connectivity index (χ3n) is 1.49. The van der Waals surface area contributed by atoms with E-state index in [0.29, 0.717) is 0 Å². The van der Waals surface area contributed by atoms with Crippen molar-refractivity contribution in [3.63, 3.8) is 0 Å². The number of allylic oxidation sites excluding steroid dienone is 2. The van der Waals surface area contributed by atoms with E-state index in [1.807, 2.05) is 32.9 Å². The molecule has 0 rings (SSSR count). The molecule has 0 aliphatic heterocycles. The topological polar surface area (TPSA) is 17.1 Å². The second-order valence-electron chi connectivity index (χ2n) is 2.78. The number of ketones is 1. The molecule has 0 aliphatic carbocycles. The highest BCUT2D eigenvalue weighted by Crippen LogP contribution is 2.17. The van der Waals surface area contributed by atoms with Crippen LogP contribution in [0.5, 0.6) is 0 Å². The Morgan fingerprint density at radius 2 is 1.89 bits per heavy atom. The quantitative estimate of drug-likeness (QED) is 0.518. The molecule has 0 atom stereocenters. The van der Waals surface area contributed by atoms with E-state index in [-0.39, 0.29) is 11.2 Å². The molecule has 0 aromatic rings. The lowest BCUT2D eigenvalue weighted by molar-refractivity contribution is -0.122. The Kier molecular flexibility index (Phi) is 2.63. The van der Waals surface area contributed by atoms with Crippen LogP contribution in [0.25, 0.3) is 0 Å². The summed E-state index contributed by atoms with van der Waals surface area (Å²) in [6.45, 7) is 7.36. The summed E-state index contributed by atoms with van der Waals surface area (Å²) in [5, 5.41) is 0. The molecule has 9 heavy (non-hydrogen) atoms. The van der Waals surface area contributed by atoms with Gasteiger partial charge >= 0.3 is 0 Å². The first-order valence-corrected chi connectivity index (χ1v) is 3.15. The van der Waals surface area contributed by atoms with Crippen LogP contribution in [-0.4, -0.2) is 5.78 Å². The predicted octanol–water partition coefficient (Wildman–Crippen LogP) is 2.18. The molecular weight excluding hydrogens is 112 g/mol. The van der Waals surface area contributed by atoms with E-state index in [2.05, 4.69) is 0 Å². The van der Waals surface area contributed by atoms with E-state index in [1.54, 1.807) is 6.92 Å². The van der Waals surface area contributed by atoms with Gasteiger partial charge in [0.2, 0.25) is 0 Å². The molecule has 0 amide bonds. The molecule has 0 bridgehead atoms. The average molecular weight is 126 g/mol. The van der Waals surface area contributed by atoms with E-state index in [9.17, 15) is 4.79 Å². The van der Waals surface area contributed by atoms with Gasteiger partial charge in [-0.05, 0) is 27.7 Å². The number of hydrogen-bond acceptors (Lipinski definition) is 1. The van der Waals surface area contributed by atoms with Crippen LogP contribution in [0.4, 0.5) is 0 Å². The van der Waals surface area contributed by atoms with Gasteiger partial charge in [-0.2, -0.15) is 0 Å². The minimum absolute atomic E-state index is 0.209. The molecule has 0 heterocycles. The Hall–Kier alpha value is -0.590. The molecule has 0 aromatic carbocycles. The van der Waals surface area contributed by atoms with Crippen molar-refractivity contribution < 1.29 is 4.79 Å². The molecular formula is C8H14O. The lowest BCUT2D eigenvalue weighted by atomic mass is 9.89. The molecule has 0 saturated carbocycles. The zero-order chi connectivity index (χ0) is 7.49. The van der Waals surface area contributed by atoms with Gasteiger partial charge in [0.25, 0.3) is 0 Å². The molecule has 0 N–H and O–H groups in total. The molecule has 1 nitrogen and oxygen atoms in total. The number of carbonyl (C=O) groups excluding carboxylic acids is 1. The normalized spacial score (nSPS) is 12.4. The summed E-state index contributed by atoms with van der Waals surface area (Å²) in [6.07, 6.45) is 3.82. The SMILES string of the molecule is C/C=C/C(C)(C)C(C)=O. The van der Waals surface area contributed by atoms with E-state index in [1.165, 1.54) is 0 Å². The maximum atomic E-state index is 10.8. The van der Waals surface area contributed by atoms with Gasteiger partial charge in [-0.15, -0.1) is 0 Å². The highest BCUT2D eigenvalue weighted by molar-refractivity contribution is 5.83. The molecule has 0 spiro atoms.